The van der Waals surface area contributed by atoms with E-state index in [1.807, 2.05) is 0 Å². The van der Waals surface area contributed by atoms with Crippen molar-refractivity contribution in [1.82, 2.24) is 0 Å². The lowest BCUT2D eigenvalue weighted by atomic mass is 9.65. The topological polar surface area (TPSA) is 52.6 Å². The molecule has 2 fully saturated rings. The second kappa shape index (κ2) is 5.72. The molecule has 2 aliphatic rings. The fourth-order valence-corrected chi connectivity index (χ4v) is 3.65. The minimum absolute atomic E-state index is 0.0662. The third kappa shape index (κ3) is 2.68. The normalized spacial score (nSPS) is 35.4. The summed E-state index contributed by atoms with van der Waals surface area (Å²) in [4.78, 5) is 23.1. The van der Waals surface area contributed by atoms with Gasteiger partial charge in [-0.2, -0.15) is 0 Å². The molecular formula is C14H22O4. The highest BCUT2D eigenvalue weighted by Gasteiger charge is 2.40. The summed E-state index contributed by atoms with van der Waals surface area (Å²) in [6, 6.07) is 0. The highest BCUT2D eigenvalue weighted by molar-refractivity contribution is 5.73. The SMILES string of the molecule is COC(=O)[C@@H]1CC[C@@H]2C[C@@H](C(=O)OC)CC[C@@H]2C1. The lowest BCUT2D eigenvalue weighted by Crippen LogP contribution is -2.36. The van der Waals surface area contributed by atoms with Crippen molar-refractivity contribution < 1.29 is 19.1 Å². The molecule has 0 aliphatic heterocycles. The molecule has 0 aromatic heterocycles. The van der Waals surface area contributed by atoms with Crippen molar-refractivity contribution in [3.8, 4) is 0 Å². The molecule has 4 atom stereocenters. The average Bonchev–Trinajstić information content (AvgIpc) is 2.44. The van der Waals surface area contributed by atoms with Crippen LogP contribution in [0, 0.1) is 23.7 Å². The van der Waals surface area contributed by atoms with Gasteiger partial charge in [-0.05, 0) is 50.4 Å². The minimum Gasteiger partial charge on any atom is -0.469 e. The van der Waals surface area contributed by atoms with Gasteiger partial charge in [0.2, 0.25) is 0 Å². The van der Waals surface area contributed by atoms with E-state index in [-0.39, 0.29) is 23.8 Å². The van der Waals surface area contributed by atoms with Crippen molar-refractivity contribution in [3.05, 3.63) is 0 Å². The molecule has 2 aliphatic carbocycles. The first kappa shape index (κ1) is 13.4. The van der Waals surface area contributed by atoms with E-state index in [0.29, 0.717) is 11.8 Å². The molecule has 0 radical (unpaired) electrons. The molecule has 0 N–H and O–H groups in total. The van der Waals surface area contributed by atoms with Gasteiger partial charge in [0.05, 0.1) is 26.1 Å². The Balaban J connectivity index is 1.91. The lowest BCUT2D eigenvalue weighted by Gasteiger charge is -2.40. The Kier molecular flexibility index (Phi) is 4.25. The quantitative estimate of drug-likeness (QED) is 0.709. The number of rotatable bonds is 2. The predicted octanol–water partition coefficient (Wildman–Crippen LogP) is 2.17. The molecule has 0 amide bonds. The standard InChI is InChI=1S/C14H22O4/c1-17-13(15)11-5-3-10-8-12(14(16)18-2)6-4-9(10)7-11/h9-12H,3-8H2,1-2H3/t9-,10-,11-,12+/m1/s1. The molecule has 0 aromatic carbocycles. The zero-order valence-corrected chi connectivity index (χ0v) is 11.2. The van der Waals surface area contributed by atoms with E-state index in [9.17, 15) is 9.59 Å². The number of hydrogen-bond donors (Lipinski definition) is 0. The zero-order chi connectivity index (χ0) is 13.1. The van der Waals surface area contributed by atoms with Crippen molar-refractivity contribution in [2.45, 2.75) is 38.5 Å². The van der Waals surface area contributed by atoms with Crippen molar-refractivity contribution >= 4 is 11.9 Å². The van der Waals surface area contributed by atoms with Gasteiger partial charge in [-0.1, -0.05) is 0 Å². The fraction of sp³-hybridized carbons (Fsp3) is 0.857. The Morgan fingerprint density at radius 3 is 1.50 bits per heavy atom. The van der Waals surface area contributed by atoms with Crippen LogP contribution in [-0.2, 0) is 19.1 Å². The fourth-order valence-electron chi connectivity index (χ4n) is 3.65. The van der Waals surface area contributed by atoms with Gasteiger partial charge < -0.3 is 9.47 Å². The molecule has 0 heterocycles. The number of carbonyl (C=O) groups is 2. The second-order valence-corrected chi connectivity index (χ2v) is 5.59. The van der Waals surface area contributed by atoms with Crippen LogP contribution in [0.3, 0.4) is 0 Å². The Hall–Kier alpha value is -1.06. The molecule has 18 heavy (non-hydrogen) atoms. The third-order valence-electron chi connectivity index (χ3n) is 4.68. The van der Waals surface area contributed by atoms with Crippen molar-refractivity contribution in [1.29, 1.82) is 0 Å². The summed E-state index contributed by atoms with van der Waals surface area (Å²) >= 11 is 0. The van der Waals surface area contributed by atoms with Crippen LogP contribution < -0.4 is 0 Å². The van der Waals surface area contributed by atoms with E-state index in [2.05, 4.69) is 0 Å². The first-order valence-corrected chi connectivity index (χ1v) is 6.81. The summed E-state index contributed by atoms with van der Waals surface area (Å²) in [7, 11) is 2.92. The maximum absolute atomic E-state index is 11.6. The van der Waals surface area contributed by atoms with E-state index in [1.54, 1.807) is 0 Å². The maximum atomic E-state index is 11.6. The second-order valence-electron chi connectivity index (χ2n) is 5.59. The summed E-state index contributed by atoms with van der Waals surface area (Å²) in [6.07, 6.45) is 5.76. The van der Waals surface area contributed by atoms with E-state index in [4.69, 9.17) is 9.47 Å². The van der Waals surface area contributed by atoms with Crippen LogP contribution in [-0.4, -0.2) is 26.2 Å². The number of esters is 2. The van der Waals surface area contributed by atoms with E-state index in [0.717, 1.165) is 38.5 Å². The van der Waals surface area contributed by atoms with E-state index >= 15 is 0 Å². The molecule has 0 aromatic rings. The smallest absolute Gasteiger partial charge is 0.308 e. The minimum atomic E-state index is -0.0662. The average molecular weight is 254 g/mol. The van der Waals surface area contributed by atoms with Gasteiger partial charge in [-0.3, -0.25) is 9.59 Å². The van der Waals surface area contributed by atoms with Gasteiger partial charge in [0.1, 0.15) is 0 Å². The molecule has 2 saturated carbocycles. The zero-order valence-electron chi connectivity index (χ0n) is 11.2. The monoisotopic (exact) mass is 254 g/mol. The van der Waals surface area contributed by atoms with Crippen LogP contribution in [0.15, 0.2) is 0 Å². The van der Waals surface area contributed by atoms with Gasteiger partial charge in [0.15, 0.2) is 0 Å². The van der Waals surface area contributed by atoms with E-state index < -0.39 is 0 Å². The van der Waals surface area contributed by atoms with Crippen molar-refractivity contribution in [3.63, 3.8) is 0 Å². The van der Waals surface area contributed by atoms with Crippen LogP contribution in [0.1, 0.15) is 38.5 Å². The van der Waals surface area contributed by atoms with Crippen LogP contribution in [0.5, 0.6) is 0 Å². The molecule has 102 valence electrons. The van der Waals surface area contributed by atoms with Crippen molar-refractivity contribution in [2.75, 3.05) is 14.2 Å². The van der Waals surface area contributed by atoms with Gasteiger partial charge >= 0.3 is 11.9 Å². The highest BCUT2D eigenvalue weighted by atomic mass is 16.5. The first-order valence-electron chi connectivity index (χ1n) is 6.81. The number of carbonyl (C=O) groups excluding carboxylic acids is 2. The third-order valence-corrected chi connectivity index (χ3v) is 4.68. The van der Waals surface area contributed by atoms with Gasteiger partial charge in [-0.15, -0.1) is 0 Å². The Labute approximate surface area is 108 Å². The number of methoxy groups -OCH3 is 2. The number of hydrogen-bond acceptors (Lipinski definition) is 4. The Bertz CT molecular complexity index is 294. The van der Waals surface area contributed by atoms with Crippen LogP contribution in [0.2, 0.25) is 0 Å². The summed E-state index contributed by atoms with van der Waals surface area (Å²) in [5.41, 5.74) is 0. The molecule has 0 unspecified atom stereocenters. The summed E-state index contributed by atoms with van der Waals surface area (Å²) in [6.45, 7) is 0. The van der Waals surface area contributed by atoms with E-state index in [1.165, 1.54) is 14.2 Å². The maximum Gasteiger partial charge on any atom is 0.308 e. The molecule has 4 heteroatoms. The number of fused-ring (bicyclic) bond motifs is 1. The van der Waals surface area contributed by atoms with Gasteiger partial charge in [0, 0.05) is 0 Å². The molecule has 4 nitrogen and oxygen atoms in total. The molecule has 0 bridgehead atoms. The Morgan fingerprint density at radius 1 is 0.778 bits per heavy atom. The Morgan fingerprint density at radius 2 is 1.17 bits per heavy atom. The summed E-state index contributed by atoms with van der Waals surface area (Å²) in [5, 5.41) is 0. The van der Waals surface area contributed by atoms with Crippen LogP contribution in [0.25, 0.3) is 0 Å². The molecule has 0 saturated heterocycles. The van der Waals surface area contributed by atoms with Crippen LogP contribution in [0.4, 0.5) is 0 Å². The molecule has 2 rings (SSSR count). The van der Waals surface area contributed by atoms with Gasteiger partial charge in [-0.25, -0.2) is 0 Å². The van der Waals surface area contributed by atoms with Crippen molar-refractivity contribution in [2.24, 2.45) is 23.7 Å². The van der Waals surface area contributed by atoms with Crippen LogP contribution >= 0.6 is 0 Å². The van der Waals surface area contributed by atoms with Gasteiger partial charge in [0.25, 0.3) is 0 Å². The summed E-state index contributed by atoms with van der Waals surface area (Å²) in [5.74, 6) is 1.19. The highest BCUT2D eigenvalue weighted by Crippen LogP contribution is 2.45. The lowest BCUT2D eigenvalue weighted by molar-refractivity contribution is -0.151. The largest absolute Gasteiger partial charge is 0.469 e. The predicted molar refractivity (Wildman–Crippen MR) is 65.7 cm³/mol. The molecule has 0 spiro atoms. The summed E-state index contributed by atoms with van der Waals surface area (Å²) < 4.78 is 9.67. The molecular weight excluding hydrogens is 232 g/mol. The number of ether oxygens (including phenoxy) is 2. The first-order chi connectivity index (χ1) is 8.65.